The highest BCUT2D eigenvalue weighted by Crippen LogP contribution is 2.33. The zero-order valence-electron chi connectivity index (χ0n) is 23.9. The lowest BCUT2D eigenvalue weighted by molar-refractivity contribution is -0.385. The summed E-state index contributed by atoms with van der Waals surface area (Å²) in [5.74, 6) is -1.20. The predicted molar refractivity (Wildman–Crippen MR) is 156 cm³/mol. The van der Waals surface area contributed by atoms with E-state index in [2.05, 4.69) is 15.8 Å². The van der Waals surface area contributed by atoms with Crippen molar-refractivity contribution < 1.29 is 33.5 Å². The molecule has 0 aromatic heterocycles. The fraction of sp³-hybridized carbons (Fsp3) is 0.267. The molecule has 3 aromatic carbocycles. The van der Waals surface area contributed by atoms with Crippen molar-refractivity contribution in [3.63, 3.8) is 0 Å². The molecule has 0 unspecified atom stereocenters. The third-order valence-corrected chi connectivity index (χ3v) is 5.65. The number of ether oxygens (including phenoxy) is 3. The predicted octanol–water partition coefficient (Wildman–Crippen LogP) is 5.36. The van der Waals surface area contributed by atoms with Gasteiger partial charge >= 0.3 is 11.7 Å². The van der Waals surface area contributed by atoms with Crippen molar-refractivity contribution in [2.45, 2.75) is 34.6 Å². The van der Waals surface area contributed by atoms with E-state index in [4.69, 9.17) is 14.2 Å². The number of amides is 2. The molecule has 0 aliphatic carbocycles. The highest BCUT2D eigenvalue weighted by molar-refractivity contribution is 5.98. The molecule has 3 rings (SSSR count). The van der Waals surface area contributed by atoms with Gasteiger partial charge in [-0.25, -0.2) is 10.2 Å². The van der Waals surface area contributed by atoms with Gasteiger partial charge in [0.2, 0.25) is 11.7 Å². The van der Waals surface area contributed by atoms with E-state index in [0.717, 1.165) is 6.21 Å². The highest BCUT2D eigenvalue weighted by Gasteiger charge is 2.24. The minimum atomic E-state index is -0.870. The Morgan fingerprint density at radius 2 is 1.57 bits per heavy atom. The summed E-state index contributed by atoms with van der Waals surface area (Å²) in [5, 5.41) is 18.4. The van der Waals surface area contributed by atoms with E-state index in [0.29, 0.717) is 30.4 Å². The van der Waals surface area contributed by atoms with Gasteiger partial charge in [-0.1, -0.05) is 26.8 Å². The van der Waals surface area contributed by atoms with Crippen LogP contribution in [0.15, 0.2) is 65.8 Å². The number of carbonyl (C=O) groups excluding carboxylic acids is 3. The van der Waals surface area contributed by atoms with Gasteiger partial charge in [0.25, 0.3) is 5.91 Å². The molecule has 0 bridgehead atoms. The number of esters is 1. The molecule has 3 aromatic rings. The lowest BCUT2D eigenvalue weighted by Gasteiger charge is -2.17. The quantitative estimate of drug-likeness (QED) is 0.101. The van der Waals surface area contributed by atoms with Crippen molar-refractivity contribution in [1.29, 1.82) is 0 Å². The van der Waals surface area contributed by atoms with Crippen LogP contribution in [0.5, 0.6) is 17.2 Å². The van der Waals surface area contributed by atoms with Crippen LogP contribution in [0.1, 0.15) is 60.9 Å². The first-order chi connectivity index (χ1) is 19.9. The van der Waals surface area contributed by atoms with E-state index in [-0.39, 0.29) is 28.3 Å². The van der Waals surface area contributed by atoms with Gasteiger partial charge in [0, 0.05) is 28.3 Å². The van der Waals surface area contributed by atoms with Crippen molar-refractivity contribution >= 4 is 35.4 Å². The molecule has 0 fully saturated rings. The first-order valence-electron chi connectivity index (χ1n) is 13.1. The maximum atomic E-state index is 13.0. The molecule has 0 aliphatic rings. The molecule has 0 saturated carbocycles. The molecule has 0 atom stereocenters. The average Bonchev–Trinajstić information content (AvgIpc) is 2.94. The normalized spacial score (nSPS) is 11.1. The molecule has 0 heterocycles. The molecular formula is C30H32N4O8. The van der Waals surface area contributed by atoms with Gasteiger partial charge < -0.3 is 19.5 Å². The van der Waals surface area contributed by atoms with Crippen molar-refractivity contribution in [2.24, 2.45) is 10.5 Å². The number of hydrogen-bond acceptors (Lipinski definition) is 9. The smallest absolute Gasteiger partial charge is 0.343 e. The van der Waals surface area contributed by atoms with Crippen LogP contribution < -0.4 is 25.0 Å². The Hall–Kier alpha value is -5.26. The van der Waals surface area contributed by atoms with Crippen molar-refractivity contribution in [3.8, 4) is 17.2 Å². The topological polar surface area (TPSA) is 158 Å². The first-order valence-corrected chi connectivity index (χ1v) is 13.1. The largest absolute Gasteiger partial charge is 0.490 e. The number of hydrazone groups is 1. The van der Waals surface area contributed by atoms with Gasteiger partial charge in [-0.2, -0.15) is 5.10 Å². The Bertz CT molecular complexity index is 1490. The maximum Gasteiger partial charge on any atom is 0.343 e. The molecule has 42 heavy (non-hydrogen) atoms. The number of anilines is 1. The summed E-state index contributed by atoms with van der Waals surface area (Å²) in [4.78, 5) is 48.7. The minimum absolute atomic E-state index is 0.0778. The lowest BCUT2D eigenvalue weighted by Crippen LogP contribution is -2.27. The van der Waals surface area contributed by atoms with Crippen LogP contribution in [0.2, 0.25) is 0 Å². The summed E-state index contributed by atoms with van der Waals surface area (Å²) in [6.07, 6.45) is 1.13. The Morgan fingerprint density at radius 1 is 0.929 bits per heavy atom. The van der Waals surface area contributed by atoms with Gasteiger partial charge in [-0.3, -0.25) is 19.7 Å². The number of nitrogens with one attached hydrogen (secondary N) is 2. The van der Waals surface area contributed by atoms with E-state index >= 15 is 0 Å². The maximum absolute atomic E-state index is 13.0. The van der Waals surface area contributed by atoms with Crippen LogP contribution in [-0.4, -0.2) is 42.1 Å². The number of benzene rings is 3. The highest BCUT2D eigenvalue weighted by atomic mass is 16.6. The summed E-state index contributed by atoms with van der Waals surface area (Å²) in [6, 6.07) is 14.6. The Balaban J connectivity index is 1.78. The SMILES string of the molecule is CCOc1ccc(C(=O)Oc2c(/C=N/NC(=O)c3ccc(NC(=O)C(C)(C)C)cc3)cccc2[N+](=O)[O-])cc1OCC. The molecule has 220 valence electrons. The van der Waals surface area contributed by atoms with E-state index in [1.54, 1.807) is 45.9 Å². The monoisotopic (exact) mass is 576 g/mol. The molecule has 2 N–H and O–H groups in total. The van der Waals surface area contributed by atoms with Crippen LogP contribution in [0.4, 0.5) is 11.4 Å². The van der Waals surface area contributed by atoms with E-state index in [1.165, 1.54) is 42.5 Å². The van der Waals surface area contributed by atoms with Crippen LogP contribution in [0.25, 0.3) is 0 Å². The van der Waals surface area contributed by atoms with Gasteiger partial charge in [0.05, 0.1) is 29.9 Å². The number of nitro groups is 1. The third kappa shape index (κ3) is 8.13. The number of para-hydroxylation sites is 1. The second-order valence-corrected chi connectivity index (χ2v) is 9.85. The van der Waals surface area contributed by atoms with Crippen LogP contribution in [0.3, 0.4) is 0 Å². The Labute approximate surface area is 242 Å². The Morgan fingerprint density at radius 3 is 2.19 bits per heavy atom. The molecule has 0 aliphatic heterocycles. The minimum Gasteiger partial charge on any atom is -0.490 e. The number of nitro benzene ring substituents is 1. The standard InChI is InChI=1S/C30H32N4O8/c1-6-40-24-16-13-20(17-25(24)41-7-2)28(36)42-26-21(9-8-10-23(26)34(38)39)18-31-33-27(35)19-11-14-22(15-12-19)32-29(37)30(3,4)5/h8-18H,6-7H2,1-5H3,(H,32,37)(H,33,35)/b31-18+. The summed E-state index contributed by atoms with van der Waals surface area (Å²) in [6.45, 7) is 9.66. The fourth-order valence-corrected chi connectivity index (χ4v) is 3.48. The second-order valence-electron chi connectivity index (χ2n) is 9.85. The fourth-order valence-electron chi connectivity index (χ4n) is 3.48. The third-order valence-electron chi connectivity index (χ3n) is 5.65. The van der Waals surface area contributed by atoms with Crippen molar-refractivity contribution in [3.05, 3.63) is 87.5 Å². The number of hydrogen-bond donors (Lipinski definition) is 2. The summed E-state index contributed by atoms with van der Waals surface area (Å²) < 4.78 is 16.5. The zero-order valence-corrected chi connectivity index (χ0v) is 23.9. The van der Waals surface area contributed by atoms with Gasteiger partial charge in [-0.15, -0.1) is 0 Å². The van der Waals surface area contributed by atoms with Crippen molar-refractivity contribution in [2.75, 3.05) is 18.5 Å². The zero-order chi connectivity index (χ0) is 30.9. The molecule has 12 heteroatoms. The van der Waals surface area contributed by atoms with Crippen molar-refractivity contribution in [1.82, 2.24) is 5.43 Å². The molecule has 0 spiro atoms. The number of rotatable bonds is 11. The molecule has 0 radical (unpaired) electrons. The number of carbonyl (C=O) groups is 3. The Kier molecular flexibility index (Phi) is 10.3. The van der Waals surface area contributed by atoms with Crippen LogP contribution in [-0.2, 0) is 4.79 Å². The average molecular weight is 577 g/mol. The molecule has 12 nitrogen and oxygen atoms in total. The van der Waals surface area contributed by atoms with Gasteiger partial charge in [-0.05, 0) is 62.4 Å². The van der Waals surface area contributed by atoms with Crippen LogP contribution in [0, 0.1) is 15.5 Å². The van der Waals surface area contributed by atoms with E-state index in [9.17, 15) is 24.5 Å². The summed E-state index contributed by atoms with van der Waals surface area (Å²) >= 11 is 0. The summed E-state index contributed by atoms with van der Waals surface area (Å²) in [7, 11) is 0. The van der Waals surface area contributed by atoms with Gasteiger partial charge in [0.1, 0.15) is 0 Å². The molecule has 2 amide bonds. The lowest BCUT2D eigenvalue weighted by atomic mass is 9.95. The molecule has 0 saturated heterocycles. The molecular weight excluding hydrogens is 544 g/mol. The second kappa shape index (κ2) is 13.9. The summed E-state index contributed by atoms with van der Waals surface area (Å²) in [5.41, 5.74) is 2.23. The van der Waals surface area contributed by atoms with Crippen LogP contribution >= 0.6 is 0 Å². The van der Waals surface area contributed by atoms with E-state index < -0.39 is 27.9 Å². The van der Waals surface area contributed by atoms with E-state index in [1.807, 2.05) is 6.92 Å². The number of nitrogens with zero attached hydrogens (tertiary/aromatic N) is 2. The first kappa shape index (κ1) is 31.3. The van der Waals surface area contributed by atoms with Gasteiger partial charge in [0.15, 0.2) is 11.5 Å².